The third kappa shape index (κ3) is 6.44. The second kappa shape index (κ2) is 12.7. The number of nitrogens with zero attached hydrogens (tertiary/aromatic N) is 8. The average Bonchev–Trinajstić information content (AvgIpc) is 3.53. The minimum absolute atomic E-state index is 0.0286. The molecule has 0 bridgehead atoms. The largest absolute Gasteiger partial charge is 0.459 e. The maximum atomic E-state index is 12.9. The van der Waals surface area contributed by atoms with Crippen LogP contribution in [0.4, 0.5) is 10.6 Å². The van der Waals surface area contributed by atoms with Crippen LogP contribution in [0, 0.1) is 13.8 Å². The van der Waals surface area contributed by atoms with Crippen molar-refractivity contribution < 1.29 is 29.6 Å². The summed E-state index contributed by atoms with van der Waals surface area (Å²) >= 11 is 0. The summed E-state index contributed by atoms with van der Waals surface area (Å²) in [7, 11) is 0. The molecule has 5 aromatic rings. The zero-order valence-electron chi connectivity index (χ0n) is 24.4. The minimum atomic E-state index is -0.919. The van der Waals surface area contributed by atoms with Crippen LogP contribution in [0.5, 0.6) is 5.75 Å². The molecular weight excluding hydrogens is 580 g/mol. The lowest BCUT2D eigenvalue weighted by atomic mass is 9.98. The van der Waals surface area contributed by atoms with Crippen LogP contribution in [0.1, 0.15) is 34.6 Å². The molecule has 0 fully saturated rings. The van der Waals surface area contributed by atoms with Crippen LogP contribution < -0.4 is 9.64 Å². The van der Waals surface area contributed by atoms with Gasteiger partial charge in [-0.1, -0.05) is 71.5 Å². The lowest BCUT2D eigenvalue weighted by molar-refractivity contribution is -0.497. The number of para-hydroxylation sites is 1. The Bertz CT molecular complexity index is 1870. The number of aromatic nitrogens is 6. The van der Waals surface area contributed by atoms with Gasteiger partial charge in [-0.3, -0.25) is 20.1 Å². The Labute approximate surface area is 257 Å². The smallest absolute Gasteiger partial charge is 0.407 e. The second-order valence-electron chi connectivity index (χ2n) is 10.3. The molecular formula is C31H28N8O6. The Hall–Kier alpha value is -5.41. The summed E-state index contributed by atoms with van der Waals surface area (Å²) in [5.41, 5.74) is 5.56. The van der Waals surface area contributed by atoms with Gasteiger partial charge in [0.25, 0.3) is 0 Å². The van der Waals surface area contributed by atoms with Gasteiger partial charge in [0.1, 0.15) is 24.0 Å². The van der Waals surface area contributed by atoms with Crippen LogP contribution in [0.25, 0.3) is 22.5 Å². The van der Waals surface area contributed by atoms with Crippen LogP contribution in [0.15, 0.2) is 72.8 Å². The Morgan fingerprint density at radius 3 is 2.44 bits per heavy atom. The molecule has 0 saturated carbocycles. The highest BCUT2D eigenvalue weighted by Crippen LogP contribution is 2.32. The highest BCUT2D eigenvalue weighted by molar-refractivity contribution is 5.95. The van der Waals surface area contributed by atoms with Crippen molar-refractivity contribution in [3.05, 3.63) is 101 Å². The second-order valence-corrected chi connectivity index (χ2v) is 10.3. The van der Waals surface area contributed by atoms with Gasteiger partial charge < -0.3 is 4.74 Å². The number of rotatable bonds is 8. The summed E-state index contributed by atoms with van der Waals surface area (Å²) in [5.74, 6) is 1.67. The number of carbonyl (C=O) groups is 2. The van der Waals surface area contributed by atoms with E-state index in [4.69, 9.17) is 15.2 Å². The third-order valence-electron chi connectivity index (χ3n) is 7.31. The number of ether oxygens (including phenoxy) is 1. The minimum Gasteiger partial charge on any atom is -0.407 e. The first-order chi connectivity index (χ1) is 21.8. The quantitative estimate of drug-likeness (QED) is 0.238. The van der Waals surface area contributed by atoms with Crippen LogP contribution in [-0.2, 0) is 29.2 Å². The van der Waals surface area contributed by atoms with E-state index in [9.17, 15) is 9.59 Å². The Morgan fingerprint density at radius 2 is 1.67 bits per heavy atom. The molecule has 45 heavy (non-hydrogen) atoms. The molecule has 0 saturated heterocycles. The maximum absolute atomic E-state index is 12.9. The SMILES string of the molecule is Cc1nc(C)c2c(n1)N(Cc1ccc(-c3ccccc3-c3nnn(C(=O)Oc4ccccc4CON(O)O)n3)cc1)C(=O)CC2. The van der Waals surface area contributed by atoms with Gasteiger partial charge in [-0.2, -0.15) is 0 Å². The van der Waals surface area contributed by atoms with Crippen molar-refractivity contribution >= 4 is 17.8 Å². The van der Waals surface area contributed by atoms with Crippen molar-refractivity contribution in [2.75, 3.05) is 4.90 Å². The van der Waals surface area contributed by atoms with Gasteiger partial charge in [-0.25, -0.2) is 19.6 Å². The van der Waals surface area contributed by atoms with Crippen molar-refractivity contribution in [1.82, 2.24) is 35.6 Å². The van der Waals surface area contributed by atoms with Crippen molar-refractivity contribution in [1.29, 1.82) is 0 Å². The molecule has 228 valence electrons. The van der Waals surface area contributed by atoms with Crippen molar-refractivity contribution in [2.45, 2.75) is 39.8 Å². The van der Waals surface area contributed by atoms with Gasteiger partial charge in [0.2, 0.25) is 11.7 Å². The molecule has 2 N–H and O–H groups in total. The van der Waals surface area contributed by atoms with Crippen molar-refractivity contribution in [3.8, 4) is 28.3 Å². The first-order valence-electron chi connectivity index (χ1n) is 14.0. The highest BCUT2D eigenvalue weighted by atomic mass is 17.1. The average molecular weight is 609 g/mol. The van der Waals surface area contributed by atoms with E-state index in [-0.39, 0.29) is 24.1 Å². The Morgan fingerprint density at radius 1 is 0.933 bits per heavy atom. The highest BCUT2D eigenvalue weighted by Gasteiger charge is 2.28. The van der Waals surface area contributed by atoms with E-state index in [1.54, 1.807) is 23.1 Å². The maximum Gasteiger partial charge on any atom is 0.459 e. The number of aryl methyl sites for hydroxylation is 2. The molecule has 0 atom stereocenters. The van der Waals surface area contributed by atoms with E-state index in [1.165, 1.54) is 6.07 Å². The molecule has 6 rings (SSSR count). The monoisotopic (exact) mass is 608 g/mol. The molecule has 0 radical (unpaired) electrons. The van der Waals surface area contributed by atoms with E-state index >= 15 is 0 Å². The predicted octanol–water partition coefficient (Wildman–Crippen LogP) is 4.45. The normalized spacial score (nSPS) is 12.8. The summed E-state index contributed by atoms with van der Waals surface area (Å²) in [6, 6.07) is 21.7. The molecule has 1 aliphatic rings. The lowest BCUT2D eigenvalue weighted by Crippen LogP contribution is -2.36. The Kier molecular flexibility index (Phi) is 8.35. The van der Waals surface area contributed by atoms with Gasteiger partial charge in [-0.15, -0.1) is 10.2 Å². The van der Waals surface area contributed by atoms with Crippen LogP contribution >= 0.6 is 0 Å². The summed E-state index contributed by atoms with van der Waals surface area (Å²) in [4.78, 5) is 41.8. The van der Waals surface area contributed by atoms with Gasteiger partial charge in [0.15, 0.2) is 0 Å². The lowest BCUT2D eigenvalue weighted by Gasteiger charge is -2.29. The van der Waals surface area contributed by atoms with E-state index in [2.05, 4.69) is 30.2 Å². The van der Waals surface area contributed by atoms with Crippen LogP contribution in [-0.4, -0.2) is 58.0 Å². The van der Waals surface area contributed by atoms with Crippen LogP contribution in [0.3, 0.4) is 0 Å². The number of fused-ring (bicyclic) bond motifs is 1. The molecule has 2 aromatic heterocycles. The number of hydrogen-bond acceptors (Lipinski definition) is 12. The summed E-state index contributed by atoms with van der Waals surface area (Å²) < 4.78 is 5.41. The van der Waals surface area contributed by atoms with Gasteiger partial charge in [0.05, 0.1) is 11.9 Å². The molecule has 0 aliphatic carbocycles. The summed E-state index contributed by atoms with van der Waals surface area (Å²) in [5, 5.41) is 29.4. The zero-order valence-corrected chi connectivity index (χ0v) is 24.4. The third-order valence-corrected chi connectivity index (χ3v) is 7.31. The fraction of sp³-hybridized carbons (Fsp3) is 0.194. The van der Waals surface area contributed by atoms with E-state index in [0.717, 1.165) is 32.7 Å². The topological polar surface area (TPSA) is 169 Å². The first-order valence-corrected chi connectivity index (χ1v) is 14.0. The number of benzene rings is 3. The fourth-order valence-corrected chi connectivity index (χ4v) is 5.17. The van der Waals surface area contributed by atoms with Gasteiger partial charge in [-0.05, 0) is 48.2 Å². The van der Waals surface area contributed by atoms with E-state index in [0.29, 0.717) is 42.2 Å². The first kappa shape index (κ1) is 29.7. The van der Waals surface area contributed by atoms with Gasteiger partial charge >= 0.3 is 6.09 Å². The predicted molar refractivity (Wildman–Crippen MR) is 158 cm³/mol. The van der Waals surface area contributed by atoms with E-state index < -0.39 is 11.5 Å². The molecule has 0 unspecified atom stereocenters. The van der Waals surface area contributed by atoms with Gasteiger partial charge in [0, 0.05) is 28.8 Å². The number of amides is 1. The molecule has 1 aliphatic heterocycles. The van der Waals surface area contributed by atoms with Crippen molar-refractivity contribution in [3.63, 3.8) is 0 Å². The van der Waals surface area contributed by atoms with Crippen LogP contribution in [0.2, 0.25) is 0 Å². The summed E-state index contributed by atoms with van der Waals surface area (Å²) in [6.45, 7) is 3.89. The van der Waals surface area contributed by atoms with E-state index in [1.807, 2.05) is 62.4 Å². The fourth-order valence-electron chi connectivity index (χ4n) is 5.17. The summed E-state index contributed by atoms with van der Waals surface area (Å²) in [6.07, 6.45) is 0.136. The molecule has 0 spiro atoms. The Balaban J connectivity index is 1.20. The molecule has 3 heterocycles. The molecule has 1 amide bonds. The number of tetrazole rings is 1. The molecule has 3 aromatic carbocycles. The van der Waals surface area contributed by atoms with Crippen molar-refractivity contribution in [2.24, 2.45) is 0 Å². The molecule has 14 nitrogen and oxygen atoms in total. The number of carbonyl (C=O) groups excluding carboxylic acids is 2. The standard InChI is InChI=1S/C31H28N8O6/c1-19-24-15-16-28(40)37(30(24)33-20(2)32-19)17-21-11-13-22(14-12-21)25-8-4-5-9-26(25)29-34-36-38(35-29)31(41)45-27-10-6-3-7-23(27)18-44-39(42)43/h3-14,42-43H,15-18H2,1-2H3. The zero-order chi connectivity index (χ0) is 31.5. The molecule has 14 heteroatoms. The number of anilines is 1. The number of hydrogen-bond donors (Lipinski definition) is 2.